The van der Waals surface area contributed by atoms with Crippen LogP contribution in [-0.4, -0.2) is 36.8 Å². The number of hydrogen-bond donors (Lipinski definition) is 1. The van der Waals surface area contributed by atoms with Gasteiger partial charge in [0.2, 0.25) is 0 Å². The normalized spacial score (nSPS) is 21.6. The van der Waals surface area contributed by atoms with Crippen molar-refractivity contribution in [2.75, 3.05) is 26.7 Å². The van der Waals surface area contributed by atoms with Crippen LogP contribution in [0.1, 0.15) is 31.4 Å². The van der Waals surface area contributed by atoms with E-state index in [0.717, 1.165) is 25.6 Å². The van der Waals surface area contributed by atoms with E-state index in [1.807, 2.05) is 0 Å². The Morgan fingerprint density at radius 2 is 2.32 bits per heavy atom. The fourth-order valence-electron chi connectivity index (χ4n) is 2.70. The zero-order chi connectivity index (χ0) is 13.8. The van der Waals surface area contributed by atoms with Crippen molar-refractivity contribution >= 4 is 0 Å². The molecule has 2 rings (SSSR count). The Morgan fingerprint density at radius 3 is 2.95 bits per heavy atom. The number of aliphatic hydroxyl groups is 1. The molecule has 0 spiro atoms. The first-order valence-corrected chi connectivity index (χ1v) is 6.84. The van der Waals surface area contributed by atoms with Crippen LogP contribution in [0, 0.1) is 11.7 Å². The number of benzene rings is 1. The van der Waals surface area contributed by atoms with Crippen molar-refractivity contribution in [3.8, 4) is 5.75 Å². The van der Waals surface area contributed by atoms with Gasteiger partial charge < -0.3 is 14.7 Å². The molecule has 1 N–H and O–H groups in total. The van der Waals surface area contributed by atoms with Gasteiger partial charge in [0, 0.05) is 13.1 Å². The molecule has 0 radical (unpaired) electrons. The van der Waals surface area contributed by atoms with Crippen LogP contribution >= 0.6 is 0 Å². The van der Waals surface area contributed by atoms with Gasteiger partial charge in [-0.1, -0.05) is 13.0 Å². The Balaban J connectivity index is 1.98. The van der Waals surface area contributed by atoms with Gasteiger partial charge in [-0.25, -0.2) is 4.39 Å². The number of likely N-dealkylation sites (tertiary alicyclic amines) is 1. The monoisotopic (exact) mass is 267 g/mol. The van der Waals surface area contributed by atoms with Crippen LogP contribution < -0.4 is 4.74 Å². The van der Waals surface area contributed by atoms with E-state index in [-0.39, 0.29) is 5.56 Å². The van der Waals surface area contributed by atoms with Gasteiger partial charge in [-0.3, -0.25) is 0 Å². The van der Waals surface area contributed by atoms with Gasteiger partial charge in [0.15, 0.2) is 0 Å². The molecule has 2 unspecified atom stereocenters. The topological polar surface area (TPSA) is 32.7 Å². The van der Waals surface area contributed by atoms with Gasteiger partial charge in [0.1, 0.15) is 11.6 Å². The van der Waals surface area contributed by atoms with E-state index in [1.165, 1.54) is 19.6 Å². The SMILES string of the molecule is COc1cccc(F)c1C(O)CCN1CCC(C)C1. The molecular weight excluding hydrogens is 245 g/mol. The molecule has 1 aliphatic rings. The molecule has 1 fully saturated rings. The van der Waals surface area contributed by atoms with Crippen LogP contribution in [0.2, 0.25) is 0 Å². The Labute approximate surface area is 114 Å². The van der Waals surface area contributed by atoms with E-state index in [4.69, 9.17) is 4.74 Å². The number of nitrogens with zero attached hydrogens (tertiary/aromatic N) is 1. The molecule has 0 saturated carbocycles. The molecule has 1 aliphatic heterocycles. The highest BCUT2D eigenvalue weighted by molar-refractivity contribution is 5.36. The molecule has 2 atom stereocenters. The van der Waals surface area contributed by atoms with Crippen molar-refractivity contribution in [3.63, 3.8) is 0 Å². The van der Waals surface area contributed by atoms with Gasteiger partial charge in [-0.15, -0.1) is 0 Å². The number of aliphatic hydroxyl groups excluding tert-OH is 1. The molecule has 0 aliphatic carbocycles. The van der Waals surface area contributed by atoms with Crippen LogP contribution in [0.5, 0.6) is 5.75 Å². The first-order chi connectivity index (χ1) is 9.11. The summed E-state index contributed by atoms with van der Waals surface area (Å²) in [5.74, 6) is 0.740. The molecule has 1 aromatic rings. The quantitative estimate of drug-likeness (QED) is 0.890. The minimum atomic E-state index is -0.813. The summed E-state index contributed by atoms with van der Waals surface area (Å²) in [7, 11) is 1.49. The van der Waals surface area contributed by atoms with Crippen molar-refractivity contribution in [1.82, 2.24) is 4.90 Å². The minimum absolute atomic E-state index is 0.275. The molecule has 1 saturated heterocycles. The number of methoxy groups -OCH3 is 1. The Hall–Kier alpha value is -1.13. The zero-order valence-electron chi connectivity index (χ0n) is 11.6. The van der Waals surface area contributed by atoms with Gasteiger partial charge in [-0.2, -0.15) is 0 Å². The van der Waals surface area contributed by atoms with Crippen molar-refractivity contribution in [2.45, 2.75) is 25.9 Å². The Bertz CT molecular complexity index is 425. The highest BCUT2D eigenvalue weighted by Crippen LogP contribution is 2.30. The maximum absolute atomic E-state index is 13.8. The van der Waals surface area contributed by atoms with Crippen molar-refractivity contribution in [1.29, 1.82) is 0 Å². The van der Waals surface area contributed by atoms with Crippen molar-refractivity contribution < 1.29 is 14.2 Å². The van der Waals surface area contributed by atoms with Crippen LogP contribution in [0.25, 0.3) is 0 Å². The molecule has 0 amide bonds. The number of ether oxygens (including phenoxy) is 1. The van der Waals surface area contributed by atoms with Crippen LogP contribution in [0.4, 0.5) is 4.39 Å². The molecule has 106 valence electrons. The smallest absolute Gasteiger partial charge is 0.132 e. The van der Waals surface area contributed by atoms with Crippen LogP contribution in [0.15, 0.2) is 18.2 Å². The lowest BCUT2D eigenvalue weighted by molar-refractivity contribution is 0.140. The highest BCUT2D eigenvalue weighted by atomic mass is 19.1. The second-order valence-corrected chi connectivity index (χ2v) is 5.35. The van der Waals surface area contributed by atoms with E-state index >= 15 is 0 Å². The summed E-state index contributed by atoms with van der Waals surface area (Å²) in [6, 6.07) is 4.63. The lowest BCUT2D eigenvalue weighted by atomic mass is 10.0. The number of hydrogen-bond acceptors (Lipinski definition) is 3. The second kappa shape index (κ2) is 6.35. The molecular formula is C15H22FNO2. The molecule has 19 heavy (non-hydrogen) atoms. The Morgan fingerprint density at radius 1 is 1.53 bits per heavy atom. The number of halogens is 1. The van der Waals surface area contributed by atoms with E-state index in [1.54, 1.807) is 12.1 Å². The summed E-state index contributed by atoms with van der Waals surface area (Å²) < 4.78 is 18.9. The van der Waals surface area contributed by atoms with Crippen molar-refractivity contribution in [3.05, 3.63) is 29.6 Å². The van der Waals surface area contributed by atoms with E-state index in [2.05, 4.69) is 11.8 Å². The fourth-order valence-corrected chi connectivity index (χ4v) is 2.70. The average molecular weight is 267 g/mol. The van der Waals surface area contributed by atoms with Gasteiger partial charge in [0.25, 0.3) is 0 Å². The maximum Gasteiger partial charge on any atom is 0.132 e. The second-order valence-electron chi connectivity index (χ2n) is 5.35. The standard InChI is InChI=1S/C15H22FNO2/c1-11-6-8-17(10-11)9-7-13(18)15-12(16)4-3-5-14(15)19-2/h3-5,11,13,18H,6-10H2,1-2H3. The fraction of sp³-hybridized carbons (Fsp3) is 0.600. The third-order valence-corrected chi connectivity index (χ3v) is 3.79. The lowest BCUT2D eigenvalue weighted by Gasteiger charge is -2.19. The molecule has 4 heteroatoms. The summed E-state index contributed by atoms with van der Waals surface area (Å²) >= 11 is 0. The highest BCUT2D eigenvalue weighted by Gasteiger charge is 2.22. The largest absolute Gasteiger partial charge is 0.496 e. The summed E-state index contributed by atoms with van der Waals surface area (Å²) in [6.45, 7) is 5.17. The summed E-state index contributed by atoms with van der Waals surface area (Å²) in [6.07, 6.45) is 0.926. The maximum atomic E-state index is 13.8. The molecule has 0 aromatic heterocycles. The van der Waals surface area contributed by atoms with E-state index in [9.17, 15) is 9.50 Å². The van der Waals surface area contributed by atoms with Gasteiger partial charge in [0.05, 0.1) is 18.8 Å². The average Bonchev–Trinajstić information content (AvgIpc) is 2.81. The van der Waals surface area contributed by atoms with Crippen LogP contribution in [-0.2, 0) is 0 Å². The van der Waals surface area contributed by atoms with E-state index in [0.29, 0.717) is 12.2 Å². The first-order valence-electron chi connectivity index (χ1n) is 6.84. The first kappa shape index (κ1) is 14.3. The van der Waals surface area contributed by atoms with Gasteiger partial charge in [-0.05, 0) is 37.4 Å². The third-order valence-electron chi connectivity index (χ3n) is 3.79. The molecule has 3 nitrogen and oxygen atoms in total. The predicted octanol–water partition coefficient (Wildman–Crippen LogP) is 2.60. The summed E-state index contributed by atoms with van der Waals surface area (Å²) in [5, 5.41) is 10.2. The Kier molecular flexibility index (Phi) is 4.77. The summed E-state index contributed by atoms with van der Waals surface area (Å²) in [4.78, 5) is 2.32. The minimum Gasteiger partial charge on any atom is -0.496 e. The van der Waals surface area contributed by atoms with Crippen LogP contribution in [0.3, 0.4) is 0 Å². The van der Waals surface area contributed by atoms with E-state index < -0.39 is 11.9 Å². The lowest BCUT2D eigenvalue weighted by Crippen LogP contribution is -2.23. The number of rotatable bonds is 5. The molecule has 1 aromatic carbocycles. The predicted molar refractivity (Wildman–Crippen MR) is 72.7 cm³/mol. The summed E-state index contributed by atoms with van der Waals surface area (Å²) in [5.41, 5.74) is 0.275. The molecule has 1 heterocycles. The third kappa shape index (κ3) is 3.45. The van der Waals surface area contributed by atoms with Crippen molar-refractivity contribution in [2.24, 2.45) is 5.92 Å². The zero-order valence-corrected chi connectivity index (χ0v) is 11.6. The van der Waals surface area contributed by atoms with Gasteiger partial charge >= 0.3 is 0 Å². The molecule has 0 bridgehead atoms.